The molecule has 0 saturated carbocycles. The van der Waals surface area contributed by atoms with Crippen LogP contribution < -0.4 is 15.8 Å². The maximum Gasteiger partial charge on any atom is 0.279 e. The van der Waals surface area contributed by atoms with Gasteiger partial charge < -0.3 is 10.2 Å². The molecule has 6 rings (SSSR count). The summed E-state index contributed by atoms with van der Waals surface area (Å²) in [6, 6.07) is 12.0. The van der Waals surface area contributed by atoms with Crippen LogP contribution in [0, 0.1) is 23.1 Å². The zero-order chi connectivity index (χ0) is 25.0. The lowest BCUT2D eigenvalue weighted by molar-refractivity contribution is 0.375. The Morgan fingerprint density at radius 2 is 2.08 bits per heavy atom. The van der Waals surface area contributed by atoms with E-state index >= 15 is 0 Å². The molecule has 10 heteroatoms. The van der Waals surface area contributed by atoms with E-state index in [1.165, 1.54) is 16.7 Å². The number of hydrogen-bond donors (Lipinski definition) is 1. The van der Waals surface area contributed by atoms with E-state index in [-0.39, 0.29) is 16.4 Å². The summed E-state index contributed by atoms with van der Waals surface area (Å²) >= 11 is 6.70. The molecule has 0 amide bonds. The lowest BCUT2D eigenvalue weighted by Crippen LogP contribution is -2.45. The standard InChI is InChI=1S/C26H23ClFN7O/c1-33-13-18-10-19(4-5-22(18)32-33)35-24(15-2-3-16(12-29)20(28)11-15)31-25(23(27)26(35)36)34-9-7-21-17(14-34)6-8-30-21/h2-5,10-11,13,17,21,30H,6-9,14H2,1H3. The highest BCUT2D eigenvalue weighted by atomic mass is 35.5. The topological polar surface area (TPSA) is 91.8 Å². The Labute approximate surface area is 211 Å². The van der Waals surface area contributed by atoms with E-state index < -0.39 is 11.4 Å². The predicted octanol–water partition coefficient (Wildman–Crippen LogP) is 3.64. The smallest absolute Gasteiger partial charge is 0.279 e. The highest BCUT2D eigenvalue weighted by molar-refractivity contribution is 6.32. The van der Waals surface area contributed by atoms with Gasteiger partial charge in [0, 0.05) is 43.3 Å². The van der Waals surface area contributed by atoms with Gasteiger partial charge in [0.25, 0.3) is 5.56 Å². The Bertz CT molecular complexity index is 1600. The summed E-state index contributed by atoms with van der Waals surface area (Å²) in [5.41, 5.74) is 1.19. The van der Waals surface area contributed by atoms with Gasteiger partial charge in [-0.2, -0.15) is 10.4 Å². The van der Waals surface area contributed by atoms with Crippen LogP contribution in [0.3, 0.4) is 0 Å². The van der Waals surface area contributed by atoms with Gasteiger partial charge in [0.05, 0.1) is 16.8 Å². The highest BCUT2D eigenvalue weighted by Crippen LogP contribution is 2.33. The third-order valence-corrected chi connectivity index (χ3v) is 7.51. The van der Waals surface area contributed by atoms with Crippen LogP contribution >= 0.6 is 11.6 Å². The number of aromatic nitrogens is 4. The lowest BCUT2D eigenvalue weighted by Gasteiger charge is -2.36. The number of anilines is 1. The lowest BCUT2D eigenvalue weighted by atomic mass is 9.93. The minimum Gasteiger partial charge on any atom is -0.355 e. The number of benzene rings is 2. The Balaban J connectivity index is 1.55. The molecule has 2 fully saturated rings. The van der Waals surface area contributed by atoms with Gasteiger partial charge in [-0.15, -0.1) is 0 Å². The second-order valence-corrected chi connectivity index (χ2v) is 9.79. The first kappa shape index (κ1) is 22.7. The third kappa shape index (κ3) is 3.74. The molecule has 2 atom stereocenters. The van der Waals surface area contributed by atoms with Crippen LogP contribution in [-0.4, -0.2) is 45.0 Å². The Hall–Kier alpha value is -3.74. The van der Waals surface area contributed by atoms with E-state index in [9.17, 15) is 14.4 Å². The fourth-order valence-corrected chi connectivity index (χ4v) is 5.64. The fraction of sp³-hybridized carbons (Fsp3) is 0.308. The van der Waals surface area contributed by atoms with Crippen LogP contribution in [0.15, 0.2) is 47.4 Å². The first-order chi connectivity index (χ1) is 17.4. The molecule has 4 heterocycles. The molecule has 2 aromatic carbocycles. The average Bonchev–Trinajstić information content (AvgIpc) is 3.49. The number of nitrogens with one attached hydrogen (secondary N) is 1. The van der Waals surface area contributed by atoms with Gasteiger partial charge in [-0.25, -0.2) is 9.37 Å². The van der Waals surface area contributed by atoms with Gasteiger partial charge in [-0.3, -0.25) is 14.0 Å². The first-order valence-electron chi connectivity index (χ1n) is 11.9. The van der Waals surface area contributed by atoms with Crippen molar-refractivity contribution in [3.05, 3.63) is 69.4 Å². The number of rotatable bonds is 3. The zero-order valence-corrected chi connectivity index (χ0v) is 20.3. The van der Waals surface area contributed by atoms with E-state index in [2.05, 4.69) is 15.3 Å². The van der Waals surface area contributed by atoms with Gasteiger partial charge in [-0.1, -0.05) is 11.6 Å². The van der Waals surface area contributed by atoms with E-state index in [4.69, 9.17) is 16.6 Å². The molecule has 182 valence electrons. The minimum absolute atomic E-state index is 0.0311. The summed E-state index contributed by atoms with van der Waals surface area (Å²) in [5.74, 6) is 0.457. The Morgan fingerprint density at radius 3 is 2.89 bits per heavy atom. The van der Waals surface area contributed by atoms with E-state index in [1.807, 2.05) is 31.4 Å². The molecule has 2 aliphatic heterocycles. The summed E-state index contributed by atoms with van der Waals surface area (Å²) in [6.07, 6.45) is 3.85. The molecule has 2 aromatic heterocycles. The second kappa shape index (κ2) is 8.73. The van der Waals surface area contributed by atoms with Crippen molar-refractivity contribution in [1.29, 1.82) is 5.26 Å². The predicted molar refractivity (Wildman–Crippen MR) is 136 cm³/mol. The second-order valence-electron chi connectivity index (χ2n) is 9.41. The summed E-state index contributed by atoms with van der Waals surface area (Å²) in [6.45, 7) is 2.45. The number of nitrogens with zero attached hydrogens (tertiary/aromatic N) is 6. The van der Waals surface area contributed by atoms with Gasteiger partial charge in [0.15, 0.2) is 5.82 Å². The number of fused-ring (bicyclic) bond motifs is 2. The average molecular weight is 504 g/mol. The zero-order valence-electron chi connectivity index (χ0n) is 19.6. The van der Waals surface area contributed by atoms with Gasteiger partial charge in [-0.05, 0) is 61.7 Å². The van der Waals surface area contributed by atoms with Crippen LogP contribution in [0.25, 0.3) is 28.0 Å². The van der Waals surface area contributed by atoms with Crippen LogP contribution in [0.1, 0.15) is 18.4 Å². The summed E-state index contributed by atoms with van der Waals surface area (Å²) in [5, 5.41) is 18.0. The van der Waals surface area contributed by atoms with Crippen molar-refractivity contribution in [2.24, 2.45) is 13.0 Å². The van der Waals surface area contributed by atoms with Gasteiger partial charge in [0.2, 0.25) is 0 Å². The van der Waals surface area contributed by atoms with Crippen molar-refractivity contribution < 1.29 is 4.39 Å². The normalized spacial score (nSPS) is 19.4. The van der Waals surface area contributed by atoms with E-state index in [0.717, 1.165) is 36.8 Å². The molecule has 4 aromatic rings. The van der Waals surface area contributed by atoms with Crippen molar-refractivity contribution >= 4 is 28.3 Å². The molecule has 36 heavy (non-hydrogen) atoms. The molecule has 0 radical (unpaired) electrons. The summed E-state index contributed by atoms with van der Waals surface area (Å²) in [7, 11) is 1.83. The number of piperidine rings is 1. The van der Waals surface area contributed by atoms with Gasteiger partial charge in [0.1, 0.15) is 22.7 Å². The van der Waals surface area contributed by atoms with Crippen LogP contribution in [0.5, 0.6) is 0 Å². The summed E-state index contributed by atoms with van der Waals surface area (Å²) in [4.78, 5) is 20.7. The summed E-state index contributed by atoms with van der Waals surface area (Å²) < 4.78 is 17.8. The molecule has 1 N–H and O–H groups in total. The molecule has 0 spiro atoms. The van der Waals surface area contributed by atoms with Crippen molar-refractivity contribution in [1.82, 2.24) is 24.6 Å². The molecule has 8 nitrogen and oxygen atoms in total. The molecule has 2 aliphatic rings. The monoisotopic (exact) mass is 503 g/mol. The molecule has 0 bridgehead atoms. The van der Waals surface area contributed by atoms with Gasteiger partial charge >= 0.3 is 0 Å². The number of aryl methyl sites for hydroxylation is 1. The minimum atomic E-state index is -0.673. The van der Waals surface area contributed by atoms with Crippen molar-refractivity contribution in [2.45, 2.75) is 18.9 Å². The third-order valence-electron chi connectivity index (χ3n) is 7.17. The SMILES string of the molecule is Cn1cc2cc(-n3c(-c4ccc(C#N)c(F)c4)nc(N4CCC5NCCC5C4)c(Cl)c3=O)ccc2n1. The Morgan fingerprint density at radius 1 is 1.22 bits per heavy atom. The van der Waals surface area contributed by atoms with E-state index in [0.29, 0.717) is 35.6 Å². The molecule has 0 aliphatic carbocycles. The molecular formula is C26H23ClFN7O. The molecule has 2 unspecified atom stereocenters. The van der Waals surface area contributed by atoms with Crippen LogP contribution in [0.4, 0.5) is 10.2 Å². The maximum atomic E-state index is 14.7. The number of nitriles is 1. The fourth-order valence-electron chi connectivity index (χ4n) is 5.39. The number of halogens is 2. The maximum absolute atomic E-state index is 14.7. The van der Waals surface area contributed by atoms with Crippen molar-refractivity contribution in [3.63, 3.8) is 0 Å². The van der Waals surface area contributed by atoms with E-state index in [1.54, 1.807) is 16.8 Å². The largest absolute Gasteiger partial charge is 0.355 e. The first-order valence-corrected chi connectivity index (χ1v) is 12.3. The molecule has 2 saturated heterocycles. The Kier molecular flexibility index (Phi) is 5.51. The van der Waals surface area contributed by atoms with Crippen molar-refractivity contribution in [2.75, 3.05) is 24.5 Å². The highest BCUT2D eigenvalue weighted by Gasteiger charge is 2.34. The quantitative estimate of drug-likeness (QED) is 0.459. The van der Waals surface area contributed by atoms with Crippen LogP contribution in [-0.2, 0) is 7.05 Å². The van der Waals surface area contributed by atoms with Crippen molar-refractivity contribution in [3.8, 4) is 23.1 Å². The van der Waals surface area contributed by atoms with Crippen LogP contribution in [0.2, 0.25) is 5.02 Å². The molecular weight excluding hydrogens is 481 g/mol. The number of hydrogen-bond acceptors (Lipinski definition) is 6.